The van der Waals surface area contributed by atoms with Gasteiger partial charge >= 0.3 is 0 Å². The summed E-state index contributed by atoms with van der Waals surface area (Å²) in [5, 5.41) is 0. The van der Waals surface area contributed by atoms with Crippen LogP contribution < -0.4 is 9.47 Å². The fourth-order valence-corrected chi connectivity index (χ4v) is 2.94. The molecule has 5 heteroatoms. The fourth-order valence-electron chi connectivity index (χ4n) is 2.94. The van der Waals surface area contributed by atoms with E-state index >= 15 is 0 Å². The topological polar surface area (TPSA) is 53.5 Å². The molecule has 0 aliphatic carbocycles. The van der Waals surface area contributed by atoms with Gasteiger partial charge in [-0.05, 0) is 49.9 Å². The maximum atomic E-state index is 5.74. The number of nitrogens with zero attached hydrogens (tertiary/aromatic N) is 2. The summed E-state index contributed by atoms with van der Waals surface area (Å²) in [5.74, 6) is 2.22. The summed E-state index contributed by atoms with van der Waals surface area (Å²) < 4.78 is 17.1. The van der Waals surface area contributed by atoms with E-state index in [4.69, 9.17) is 14.2 Å². The first-order chi connectivity index (χ1) is 15.3. The average molecular weight is 427 g/mol. The zero-order valence-electron chi connectivity index (χ0n) is 19.2. The van der Waals surface area contributed by atoms with Crippen molar-refractivity contribution in [2.45, 2.75) is 65.2 Å². The number of ether oxygens (including phenoxy) is 3. The van der Waals surface area contributed by atoms with Gasteiger partial charge in [0.05, 0.1) is 19.0 Å². The van der Waals surface area contributed by atoms with Gasteiger partial charge in [-0.3, -0.25) is 0 Å². The Kier molecular flexibility index (Phi) is 13.1. The third-order valence-corrected chi connectivity index (χ3v) is 4.82. The van der Waals surface area contributed by atoms with Crippen LogP contribution in [0.3, 0.4) is 0 Å². The zero-order chi connectivity index (χ0) is 22.0. The van der Waals surface area contributed by atoms with Crippen LogP contribution >= 0.6 is 0 Å². The van der Waals surface area contributed by atoms with Gasteiger partial charge in [-0.15, -0.1) is 0 Å². The lowest BCUT2D eigenvalue weighted by atomic mass is 10.2. The number of hydrogen-bond donors (Lipinski definition) is 0. The van der Waals surface area contributed by atoms with Crippen LogP contribution in [0.25, 0.3) is 11.4 Å². The van der Waals surface area contributed by atoms with Crippen molar-refractivity contribution in [3.63, 3.8) is 0 Å². The van der Waals surface area contributed by atoms with Crippen LogP contribution in [-0.2, 0) is 4.74 Å². The number of allylic oxidation sites excluding steroid dienone is 1. The minimum Gasteiger partial charge on any atom is -0.490 e. The molecule has 1 aromatic heterocycles. The molecule has 0 atom stereocenters. The molecular weight excluding hydrogens is 388 g/mol. The van der Waals surface area contributed by atoms with Gasteiger partial charge in [-0.1, -0.05) is 51.7 Å². The van der Waals surface area contributed by atoms with E-state index in [2.05, 4.69) is 36.0 Å². The normalized spacial score (nSPS) is 11.2. The van der Waals surface area contributed by atoms with Crippen molar-refractivity contribution in [1.82, 2.24) is 9.97 Å². The van der Waals surface area contributed by atoms with Crippen molar-refractivity contribution >= 4 is 0 Å². The molecule has 170 valence electrons. The van der Waals surface area contributed by atoms with Crippen molar-refractivity contribution in [2.75, 3.05) is 26.4 Å². The van der Waals surface area contributed by atoms with Crippen molar-refractivity contribution in [3.8, 4) is 22.9 Å². The van der Waals surface area contributed by atoms with Gasteiger partial charge in [0, 0.05) is 18.8 Å². The molecule has 0 saturated carbocycles. The van der Waals surface area contributed by atoms with Crippen LogP contribution in [-0.4, -0.2) is 36.4 Å². The molecule has 1 heterocycles. The Hall–Kier alpha value is -2.40. The summed E-state index contributed by atoms with van der Waals surface area (Å²) in [6.45, 7) is 7.32. The Labute approximate surface area is 187 Å². The Morgan fingerprint density at radius 2 is 1.39 bits per heavy atom. The van der Waals surface area contributed by atoms with Crippen LogP contribution in [0, 0.1) is 0 Å². The lowest BCUT2D eigenvalue weighted by molar-refractivity contribution is 0.122. The Morgan fingerprint density at radius 3 is 2.10 bits per heavy atom. The van der Waals surface area contributed by atoms with E-state index in [9.17, 15) is 0 Å². The number of hydrogen-bond acceptors (Lipinski definition) is 5. The molecule has 0 amide bonds. The quantitative estimate of drug-likeness (QED) is 0.210. The van der Waals surface area contributed by atoms with Gasteiger partial charge in [0.25, 0.3) is 0 Å². The summed E-state index contributed by atoms with van der Waals surface area (Å²) in [5.41, 5.74) is 0.956. The Morgan fingerprint density at radius 1 is 0.710 bits per heavy atom. The summed E-state index contributed by atoms with van der Waals surface area (Å²) in [6, 6.07) is 7.86. The second-order valence-corrected chi connectivity index (χ2v) is 7.57. The highest BCUT2D eigenvalue weighted by Gasteiger charge is 2.03. The minimum absolute atomic E-state index is 0.594. The van der Waals surface area contributed by atoms with E-state index in [-0.39, 0.29) is 0 Å². The molecule has 0 aliphatic heterocycles. The zero-order valence-corrected chi connectivity index (χ0v) is 19.2. The second-order valence-electron chi connectivity index (χ2n) is 7.57. The molecule has 0 saturated heterocycles. The molecular formula is C26H38N2O3. The number of unbranched alkanes of at least 4 members (excludes halogenated alkanes) is 5. The number of aromatic nitrogens is 2. The van der Waals surface area contributed by atoms with Crippen molar-refractivity contribution in [2.24, 2.45) is 0 Å². The van der Waals surface area contributed by atoms with E-state index in [1.807, 2.05) is 24.3 Å². The summed E-state index contributed by atoms with van der Waals surface area (Å²) in [4.78, 5) is 8.85. The predicted octanol–water partition coefficient (Wildman–Crippen LogP) is 6.63. The Balaban J connectivity index is 1.65. The van der Waals surface area contributed by atoms with Crippen LogP contribution in [0.4, 0.5) is 0 Å². The highest BCUT2D eigenvalue weighted by atomic mass is 16.5. The highest BCUT2D eigenvalue weighted by Crippen LogP contribution is 2.20. The molecule has 0 spiro atoms. The van der Waals surface area contributed by atoms with Gasteiger partial charge in [-0.25, -0.2) is 9.97 Å². The fraction of sp³-hybridized carbons (Fsp3) is 0.538. The molecule has 2 aromatic rings. The van der Waals surface area contributed by atoms with Crippen LogP contribution in [0.5, 0.6) is 11.5 Å². The van der Waals surface area contributed by atoms with Crippen molar-refractivity contribution in [3.05, 3.63) is 48.8 Å². The number of benzene rings is 1. The molecule has 2 rings (SSSR count). The minimum atomic E-state index is 0.594. The van der Waals surface area contributed by atoms with Crippen LogP contribution in [0.1, 0.15) is 65.2 Å². The van der Waals surface area contributed by atoms with Crippen LogP contribution in [0.15, 0.2) is 48.8 Å². The third kappa shape index (κ3) is 11.0. The van der Waals surface area contributed by atoms with Gasteiger partial charge in [-0.2, -0.15) is 0 Å². The van der Waals surface area contributed by atoms with Gasteiger partial charge in [0.15, 0.2) is 11.6 Å². The van der Waals surface area contributed by atoms with Crippen molar-refractivity contribution in [1.29, 1.82) is 0 Å². The third-order valence-electron chi connectivity index (χ3n) is 4.82. The van der Waals surface area contributed by atoms with E-state index in [0.29, 0.717) is 24.8 Å². The molecule has 0 N–H and O–H groups in total. The van der Waals surface area contributed by atoms with E-state index < -0.39 is 0 Å². The van der Waals surface area contributed by atoms with Crippen LogP contribution in [0.2, 0.25) is 0 Å². The first kappa shape index (κ1) is 24.9. The summed E-state index contributed by atoms with van der Waals surface area (Å²) in [7, 11) is 0. The average Bonchev–Trinajstić information content (AvgIpc) is 2.81. The second kappa shape index (κ2) is 16.3. The molecule has 1 aromatic carbocycles. The SMILES string of the molecule is CCCC/C=C/COc1ccc(-c2ncc(OCCCCOCCCCC)cn2)cc1. The van der Waals surface area contributed by atoms with E-state index in [0.717, 1.165) is 50.2 Å². The lowest BCUT2D eigenvalue weighted by Crippen LogP contribution is -2.02. The van der Waals surface area contributed by atoms with E-state index in [1.165, 1.54) is 25.7 Å². The molecule has 0 bridgehead atoms. The first-order valence-electron chi connectivity index (χ1n) is 11.7. The smallest absolute Gasteiger partial charge is 0.159 e. The van der Waals surface area contributed by atoms with E-state index in [1.54, 1.807) is 12.4 Å². The molecule has 0 radical (unpaired) electrons. The molecule has 0 unspecified atom stereocenters. The standard InChI is InChI=1S/C26H38N2O3/c1-3-5-7-8-10-19-30-24-15-13-23(14-16-24)26-27-21-25(22-28-26)31-20-12-11-18-29-17-9-6-4-2/h8,10,13-16,21-22H,3-7,9,11-12,17-20H2,1-2H3/b10-8+. The van der Waals surface area contributed by atoms with Gasteiger partial charge < -0.3 is 14.2 Å². The van der Waals surface area contributed by atoms with Crippen molar-refractivity contribution < 1.29 is 14.2 Å². The lowest BCUT2D eigenvalue weighted by Gasteiger charge is -2.07. The Bertz CT molecular complexity index is 714. The first-order valence-corrected chi connectivity index (χ1v) is 11.7. The molecule has 0 aliphatic rings. The molecule has 31 heavy (non-hydrogen) atoms. The monoisotopic (exact) mass is 426 g/mol. The maximum Gasteiger partial charge on any atom is 0.159 e. The summed E-state index contributed by atoms with van der Waals surface area (Å²) in [6.07, 6.45) is 16.9. The van der Waals surface area contributed by atoms with Gasteiger partial charge in [0.1, 0.15) is 12.4 Å². The van der Waals surface area contributed by atoms with Gasteiger partial charge in [0.2, 0.25) is 0 Å². The highest BCUT2D eigenvalue weighted by molar-refractivity contribution is 5.56. The number of rotatable bonds is 17. The molecule has 0 fully saturated rings. The largest absolute Gasteiger partial charge is 0.490 e. The summed E-state index contributed by atoms with van der Waals surface area (Å²) >= 11 is 0. The predicted molar refractivity (Wildman–Crippen MR) is 127 cm³/mol. The molecule has 5 nitrogen and oxygen atoms in total. The maximum absolute atomic E-state index is 5.74.